The number of rotatable bonds is 16. The summed E-state index contributed by atoms with van der Waals surface area (Å²) in [6.45, 7) is 2.95. The number of carbonyl (C=O) groups excluding carboxylic acids is 4. The predicted octanol–water partition coefficient (Wildman–Crippen LogP) is -3.10. The largest absolute Gasteiger partial charge is 0.480 e. The second kappa shape index (κ2) is 15.1. The van der Waals surface area contributed by atoms with Crippen molar-refractivity contribution in [3.8, 4) is 0 Å². The maximum Gasteiger partial charge on any atom is 0.326 e. The van der Waals surface area contributed by atoms with Gasteiger partial charge in [0, 0.05) is 6.42 Å². The number of hydrogen-bond donors (Lipinski definition) is 8. The van der Waals surface area contributed by atoms with E-state index in [1.54, 1.807) is 13.8 Å². The number of carboxylic acid groups (broad SMARTS) is 1. The number of amides is 4. The summed E-state index contributed by atoms with van der Waals surface area (Å²) in [4.78, 5) is 60.1. The molecule has 0 aromatic heterocycles. The highest BCUT2D eigenvalue weighted by atomic mass is 16.4. The zero-order chi connectivity index (χ0) is 24.8. The Hall–Kier alpha value is -2.77. The molecule has 13 heteroatoms. The average Bonchev–Trinajstić information content (AvgIpc) is 2.72. The first-order valence-corrected chi connectivity index (χ1v) is 10.4. The summed E-state index contributed by atoms with van der Waals surface area (Å²) >= 11 is 0. The van der Waals surface area contributed by atoms with E-state index in [0.29, 0.717) is 19.4 Å². The number of aliphatic hydroxyl groups is 1. The maximum atomic E-state index is 12.8. The van der Waals surface area contributed by atoms with E-state index in [2.05, 4.69) is 16.0 Å². The second-order valence-corrected chi connectivity index (χ2v) is 7.77. The summed E-state index contributed by atoms with van der Waals surface area (Å²) in [7, 11) is 0. The lowest BCUT2D eigenvalue weighted by molar-refractivity contribution is -0.143. The van der Waals surface area contributed by atoms with Crippen LogP contribution >= 0.6 is 0 Å². The maximum absolute atomic E-state index is 12.8. The Bertz CT molecular complexity index is 658. The molecule has 0 aromatic rings. The van der Waals surface area contributed by atoms with Crippen molar-refractivity contribution < 1.29 is 34.2 Å². The lowest BCUT2D eigenvalue weighted by Crippen LogP contribution is -2.58. The van der Waals surface area contributed by atoms with Crippen LogP contribution in [-0.2, 0) is 24.0 Å². The number of nitrogens with one attached hydrogen (secondary N) is 3. The summed E-state index contributed by atoms with van der Waals surface area (Å²) < 4.78 is 0. The molecule has 184 valence electrons. The molecule has 0 heterocycles. The Labute approximate surface area is 186 Å². The van der Waals surface area contributed by atoms with Crippen LogP contribution in [-0.4, -0.2) is 77.1 Å². The van der Waals surface area contributed by atoms with Gasteiger partial charge in [-0.3, -0.25) is 19.2 Å². The molecule has 0 radical (unpaired) electrons. The van der Waals surface area contributed by atoms with Crippen molar-refractivity contribution in [2.24, 2.45) is 23.1 Å². The SMILES string of the molecule is CC(C)C(NC(=O)C(CCCCN)NC(=O)C(CCC(N)=O)NC(=O)C(N)CO)C(=O)O. The fourth-order valence-corrected chi connectivity index (χ4v) is 2.72. The number of carboxylic acids is 1. The molecule has 32 heavy (non-hydrogen) atoms. The van der Waals surface area contributed by atoms with Crippen molar-refractivity contribution in [1.29, 1.82) is 0 Å². The summed E-state index contributed by atoms with van der Waals surface area (Å²) in [6, 6.07) is -4.80. The minimum Gasteiger partial charge on any atom is -0.480 e. The number of primary amides is 1. The van der Waals surface area contributed by atoms with Crippen LogP contribution in [0.15, 0.2) is 0 Å². The van der Waals surface area contributed by atoms with Crippen molar-refractivity contribution >= 4 is 29.6 Å². The third-order valence-corrected chi connectivity index (χ3v) is 4.66. The van der Waals surface area contributed by atoms with Crippen LogP contribution in [0.25, 0.3) is 0 Å². The Morgan fingerprint density at radius 3 is 1.88 bits per heavy atom. The first-order chi connectivity index (χ1) is 14.9. The molecule has 0 aliphatic carbocycles. The monoisotopic (exact) mass is 460 g/mol. The molecule has 0 aliphatic heterocycles. The number of aliphatic carboxylic acids is 1. The van der Waals surface area contributed by atoms with Crippen molar-refractivity contribution in [3.63, 3.8) is 0 Å². The Kier molecular flexibility index (Phi) is 13.8. The molecular formula is C19H36N6O7. The van der Waals surface area contributed by atoms with Crippen LogP contribution in [0, 0.1) is 5.92 Å². The molecule has 0 fully saturated rings. The van der Waals surface area contributed by atoms with E-state index >= 15 is 0 Å². The van der Waals surface area contributed by atoms with E-state index in [1.165, 1.54) is 0 Å². The fourth-order valence-electron chi connectivity index (χ4n) is 2.72. The molecule has 0 saturated carbocycles. The third-order valence-electron chi connectivity index (χ3n) is 4.66. The second-order valence-electron chi connectivity index (χ2n) is 7.77. The normalized spacial score (nSPS) is 14.7. The minimum atomic E-state index is -1.29. The molecule has 13 nitrogen and oxygen atoms in total. The quantitative estimate of drug-likeness (QED) is 0.109. The third kappa shape index (κ3) is 11.0. The lowest BCUT2D eigenvalue weighted by Gasteiger charge is -2.26. The number of hydrogen-bond acceptors (Lipinski definition) is 8. The first kappa shape index (κ1) is 29.2. The van der Waals surface area contributed by atoms with E-state index in [4.69, 9.17) is 22.3 Å². The van der Waals surface area contributed by atoms with Crippen LogP contribution < -0.4 is 33.2 Å². The van der Waals surface area contributed by atoms with Gasteiger partial charge in [0.2, 0.25) is 23.6 Å². The van der Waals surface area contributed by atoms with Gasteiger partial charge in [-0.25, -0.2) is 4.79 Å². The van der Waals surface area contributed by atoms with Crippen molar-refractivity contribution in [1.82, 2.24) is 16.0 Å². The molecule has 4 amide bonds. The number of carbonyl (C=O) groups is 5. The van der Waals surface area contributed by atoms with Gasteiger partial charge >= 0.3 is 5.97 Å². The fraction of sp³-hybridized carbons (Fsp3) is 0.737. The van der Waals surface area contributed by atoms with Crippen LogP contribution in [0.2, 0.25) is 0 Å². The van der Waals surface area contributed by atoms with Crippen molar-refractivity contribution in [2.45, 2.75) is 70.1 Å². The molecule has 0 aliphatic rings. The highest BCUT2D eigenvalue weighted by Gasteiger charge is 2.31. The Morgan fingerprint density at radius 2 is 1.41 bits per heavy atom. The lowest BCUT2D eigenvalue weighted by atomic mass is 10.0. The molecule has 11 N–H and O–H groups in total. The summed E-state index contributed by atoms with van der Waals surface area (Å²) in [6.07, 6.45) is 0.824. The van der Waals surface area contributed by atoms with E-state index < -0.39 is 66.3 Å². The average molecular weight is 461 g/mol. The molecule has 0 aromatic carbocycles. The molecule has 0 rings (SSSR count). The van der Waals surface area contributed by atoms with Crippen molar-refractivity contribution in [2.75, 3.05) is 13.2 Å². The van der Waals surface area contributed by atoms with Crippen LogP contribution in [0.5, 0.6) is 0 Å². The topological polar surface area (TPSA) is 240 Å². The van der Waals surface area contributed by atoms with E-state index in [9.17, 15) is 29.1 Å². The minimum absolute atomic E-state index is 0.161. The van der Waals surface area contributed by atoms with E-state index in [0.717, 1.165) is 0 Å². The standard InChI is InChI=1S/C19H36N6O7/c1-10(2)15(19(31)32)25-18(30)12(5-3-4-8-20)24-17(29)13(6-7-14(22)27)23-16(28)11(21)9-26/h10-13,15,26H,3-9,20-21H2,1-2H3,(H2,22,27)(H,23,28)(H,24,29)(H,25,30)(H,31,32). The van der Waals surface area contributed by atoms with Gasteiger partial charge < -0.3 is 43.4 Å². The zero-order valence-electron chi connectivity index (χ0n) is 18.5. The first-order valence-electron chi connectivity index (χ1n) is 10.4. The summed E-state index contributed by atoms with van der Waals surface area (Å²) in [5.74, 6) is -4.64. The molecule has 4 unspecified atom stereocenters. The van der Waals surface area contributed by atoms with Gasteiger partial charge in [-0.15, -0.1) is 0 Å². The van der Waals surface area contributed by atoms with Gasteiger partial charge in [0.1, 0.15) is 24.2 Å². The number of nitrogens with two attached hydrogens (primary N) is 3. The van der Waals surface area contributed by atoms with Crippen LogP contribution in [0.3, 0.4) is 0 Å². The highest BCUT2D eigenvalue weighted by molar-refractivity contribution is 5.94. The van der Waals surface area contributed by atoms with Crippen molar-refractivity contribution in [3.05, 3.63) is 0 Å². The van der Waals surface area contributed by atoms with Crippen LogP contribution in [0.4, 0.5) is 0 Å². The van der Waals surface area contributed by atoms with Gasteiger partial charge in [-0.05, 0) is 38.1 Å². The van der Waals surface area contributed by atoms with Gasteiger partial charge in [-0.1, -0.05) is 13.8 Å². The van der Waals surface area contributed by atoms with Gasteiger partial charge in [0.05, 0.1) is 6.61 Å². The smallest absolute Gasteiger partial charge is 0.326 e. The predicted molar refractivity (Wildman–Crippen MR) is 115 cm³/mol. The Balaban J connectivity index is 5.50. The molecule has 0 spiro atoms. The zero-order valence-corrected chi connectivity index (χ0v) is 18.5. The highest BCUT2D eigenvalue weighted by Crippen LogP contribution is 2.07. The van der Waals surface area contributed by atoms with Gasteiger partial charge in [-0.2, -0.15) is 0 Å². The van der Waals surface area contributed by atoms with E-state index in [-0.39, 0.29) is 19.3 Å². The summed E-state index contributed by atoms with van der Waals surface area (Å²) in [5.41, 5.74) is 16.0. The molecule has 0 saturated heterocycles. The summed E-state index contributed by atoms with van der Waals surface area (Å²) in [5, 5.41) is 25.5. The van der Waals surface area contributed by atoms with E-state index in [1.807, 2.05) is 0 Å². The van der Waals surface area contributed by atoms with Crippen LogP contribution in [0.1, 0.15) is 46.0 Å². The van der Waals surface area contributed by atoms with Gasteiger partial charge in [0.25, 0.3) is 0 Å². The molecular weight excluding hydrogens is 424 g/mol. The number of unbranched alkanes of at least 4 members (excludes halogenated alkanes) is 1. The Morgan fingerprint density at radius 1 is 0.875 bits per heavy atom. The number of aliphatic hydroxyl groups excluding tert-OH is 1. The molecule has 0 bridgehead atoms. The molecule has 4 atom stereocenters. The van der Waals surface area contributed by atoms with Gasteiger partial charge in [0.15, 0.2) is 0 Å².